The number of nitrogens with two attached hydrogens (primary N) is 1. The minimum atomic E-state index is -0.340. The van der Waals surface area contributed by atoms with E-state index in [-0.39, 0.29) is 24.4 Å². The molecule has 0 spiro atoms. The highest BCUT2D eigenvalue weighted by molar-refractivity contribution is 5.85. The van der Waals surface area contributed by atoms with Crippen LogP contribution in [-0.2, 0) is 4.79 Å². The molecule has 0 bridgehead atoms. The third-order valence-electron chi connectivity index (χ3n) is 3.99. The number of amides is 1. The zero-order valence-electron chi connectivity index (χ0n) is 10.2. The maximum atomic E-state index is 12.0. The van der Waals surface area contributed by atoms with Crippen LogP contribution in [0.3, 0.4) is 0 Å². The van der Waals surface area contributed by atoms with E-state index in [1.807, 2.05) is 0 Å². The van der Waals surface area contributed by atoms with Gasteiger partial charge in [-0.25, -0.2) is 0 Å². The van der Waals surface area contributed by atoms with Gasteiger partial charge in [-0.05, 0) is 39.0 Å². The second-order valence-electron chi connectivity index (χ2n) is 5.23. The van der Waals surface area contributed by atoms with Gasteiger partial charge in [0.2, 0.25) is 5.91 Å². The standard InChI is InChI=1S/C12H22N2O.ClH/c1-8-7-10-5-3-4-6-11(10)14(8)12(15)9(2)13;/h8-11H,3-7,13H2,1-2H3;1H. The van der Waals surface area contributed by atoms with E-state index < -0.39 is 0 Å². The van der Waals surface area contributed by atoms with Crippen LogP contribution in [0.5, 0.6) is 0 Å². The Hall–Kier alpha value is -0.280. The summed E-state index contributed by atoms with van der Waals surface area (Å²) in [4.78, 5) is 14.1. The molecule has 2 fully saturated rings. The van der Waals surface area contributed by atoms with Crippen LogP contribution in [0.25, 0.3) is 0 Å². The molecular formula is C12H23ClN2O. The number of rotatable bonds is 1. The van der Waals surface area contributed by atoms with Gasteiger partial charge in [0.05, 0.1) is 6.04 Å². The van der Waals surface area contributed by atoms with Crippen molar-refractivity contribution in [3.05, 3.63) is 0 Å². The highest BCUT2D eigenvalue weighted by atomic mass is 35.5. The maximum absolute atomic E-state index is 12.0. The minimum absolute atomic E-state index is 0. The molecule has 1 aliphatic carbocycles. The fourth-order valence-electron chi connectivity index (χ4n) is 3.32. The minimum Gasteiger partial charge on any atom is -0.335 e. The number of hydrogen-bond donors (Lipinski definition) is 1. The normalized spacial score (nSPS) is 35.2. The van der Waals surface area contributed by atoms with Crippen molar-refractivity contribution in [2.24, 2.45) is 11.7 Å². The third-order valence-corrected chi connectivity index (χ3v) is 3.99. The molecule has 1 saturated carbocycles. The van der Waals surface area contributed by atoms with Gasteiger partial charge in [-0.15, -0.1) is 12.4 Å². The lowest BCUT2D eigenvalue weighted by molar-refractivity contribution is -0.135. The topological polar surface area (TPSA) is 46.3 Å². The summed E-state index contributed by atoms with van der Waals surface area (Å²) in [5, 5.41) is 0. The van der Waals surface area contributed by atoms with Crippen LogP contribution in [-0.4, -0.2) is 28.9 Å². The van der Waals surface area contributed by atoms with Gasteiger partial charge in [0.15, 0.2) is 0 Å². The van der Waals surface area contributed by atoms with Crippen LogP contribution < -0.4 is 5.73 Å². The van der Waals surface area contributed by atoms with Crippen molar-refractivity contribution in [3.63, 3.8) is 0 Å². The first-order valence-corrected chi connectivity index (χ1v) is 6.19. The Kier molecular flexibility index (Phi) is 4.62. The summed E-state index contributed by atoms with van der Waals surface area (Å²) in [6, 6.07) is 0.553. The SMILES string of the molecule is CC(N)C(=O)N1C(C)CC2CCCCC21.Cl. The van der Waals surface area contributed by atoms with E-state index in [1.54, 1.807) is 6.92 Å². The van der Waals surface area contributed by atoms with E-state index in [9.17, 15) is 4.79 Å². The van der Waals surface area contributed by atoms with E-state index >= 15 is 0 Å². The molecule has 16 heavy (non-hydrogen) atoms. The maximum Gasteiger partial charge on any atom is 0.239 e. The number of hydrogen-bond acceptors (Lipinski definition) is 2. The molecule has 0 aromatic heterocycles. The second kappa shape index (κ2) is 5.37. The lowest BCUT2D eigenvalue weighted by atomic mass is 9.85. The Bertz CT molecular complexity index is 257. The summed E-state index contributed by atoms with van der Waals surface area (Å²) in [5.74, 6) is 0.897. The summed E-state index contributed by atoms with van der Waals surface area (Å²) >= 11 is 0. The predicted molar refractivity (Wildman–Crippen MR) is 67.6 cm³/mol. The Morgan fingerprint density at radius 2 is 2.00 bits per heavy atom. The Morgan fingerprint density at radius 3 is 2.62 bits per heavy atom. The van der Waals surface area contributed by atoms with E-state index in [4.69, 9.17) is 5.73 Å². The first-order chi connectivity index (χ1) is 7.11. The van der Waals surface area contributed by atoms with E-state index in [2.05, 4.69) is 11.8 Å². The third kappa shape index (κ3) is 2.35. The van der Waals surface area contributed by atoms with Crippen LogP contribution in [0.2, 0.25) is 0 Å². The Balaban J connectivity index is 0.00000128. The molecule has 1 amide bonds. The molecule has 1 saturated heterocycles. The Morgan fingerprint density at radius 1 is 1.38 bits per heavy atom. The number of likely N-dealkylation sites (tertiary alicyclic amines) is 1. The van der Waals surface area contributed by atoms with Crippen LogP contribution in [0.4, 0.5) is 0 Å². The fourth-order valence-corrected chi connectivity index (χ4v) is 3.32. The highest BCUT2D eigenvalue weighted by Gasteiger charge is 2.42. The van der Waals surface area contributed by atoms with E-state index in [1.165, 1.54) is 32.1 Å². The van der Waals surface area contributed by atoms with Crippen molar-refractivity contribution in [2.45, 2.75) is 64.1 Å². The van der Waals surface area contributed by atoms with Gasteiger partial charge >= 0.3 is 0 Å². The smallest absolute Gasteiger partial charge is 0.239 e. The number of carbonyl (C=O) groups excluding carboxylic acids is 1. The molecule has 3 nitrogen and oxygen atoms in total. The zero-order chi connectivity index (χ0) is 11.0. The molecule has 4 atom stereocenters. The number of nitrogens with zero attached hydrogens (tertiary/aromatic N) is 1. The molecule has 0 aromatic carbocycles. The van der Waals surface area contributed by atoms with Gasteiger partial charge in [0.25, 0.3) is 0 Å². The number of carbonyl (C=O) groups is 1. The van der Waals surface area contributed by atoms with E-state index in [0.717, 1.165) is 5.92 Å². The molecule has 2 aliphatic rings. The monoisotopic (exact) mass is 246 g/mol. The van der Waals surface area contributed by atoms with Gasteiger partial charge in [-0.3, -0.25) is 4.79 Å². The summed E-state index contributed by atoms with van der Waals surface area (Å²) in [6.07, 6.45) is 6.29. The lowest BCUT2D eigenvalue weighted by Crippen LogP contribution is -2.48. The van der Waals surface area contributed by atoms with Gasteiger partial charge < -0.3 is 10.6 Å². The summed E-state index contributed by atoms with van der Waals surface area (Å²) in [7, 11) is 0. The van der Waals surface area contributed by atoms with Crippen LogP contribution in [0.1, 0.15) is 46.0 Å². The molecular weight excluding hydrogens is 224 g/mol. The molecule has 1 aliphatic heterocycles. The molecule has 0 radical (unpaired) electrons. The predicted octanol–water partition coefficient (Wildman–Crippen LogP) is 1.93. The first-order valence-electron chi connectivity index (χ1n) is 6.19. The van der Waals surface area contributed by atoms with Crippen molar-refractivity contribution in [3.8, 4) is 0 Å². The average Bonchev–Trinajstić information content (AvgIpc) is 2.52. The van der Waals surface area contributed by atoms with Gasteiger partial charge in [0, 0.05) is 12.1 Å². The second-order valence-corrected chi connectivity index (χ2v) is 5.23. The lowest BCUT2D eigenvalue weighted by Gasteiger charge is -2.34. The van der Waals surface area contributed by atoms with Gasteiger partial charge in [-0.2, -0.15) is 0 Å². The molecule has 2 rings (SSSR count). The number of fused-ring (bicyclic) bond motifs is 1. The van der Waals surface area contributed by atoms with Crippen molar-refractivity contribution < 1.29 is 4.79 Å². The number of halogens is 1. The summed E-state index contributed by atoms with van der Waals surface area (Å²) in [5.41, 5.74) is 5.71. The zero-order valence-corrected chi connectivity index (χ0v) is 11.0. The van der Waals surface area contributed by atoms with Crippen LogP contribution in [0, 0.1) is 5.92 Å². The summed E-state index contributed by atoms with van der Waals surface area (Å²) < 4.78 is 0. The van der Waals surface area contributed by atoms with Crippen LogP contribution in [0.15, 0.2) is 0 Å². The molecule has 4 heteroatoms. The van der Waals surface area contributed by atoms with Crippen molar-refractivity contribution in [2.75, 3.05) is 0 Å². The fraction of sp³-hybridized carbons (Fsp3) is 0.917. The summed E-state index contributed by atoms with van der Waals surface area (Å²) in [6.45, 7) is 3.96. The first kappa shape index (κ1) is 13.8. The Labute approximate surface area is 104 Å². The van der Waals surface area contributed by atoms with Crippen molar-refractivity contribution in [1.82, 2.24) is 4.90 Å². The molecule has 2 N–H and O–H groups in total. The molecule has 0 aromatic rings. The molecule has 94 valence electrons. The van der Waals surface area contributed by atoms with E-state index in [0.29, 0.717) is 12.1 Å². The van der Waals surface area contributed by atoms with Gasteiger partial charge in [0.1, 0.15) is 0 Å². The van der Waals surface area contributed by atoms with Crippen molar-refractivity contribution >= 4 is 18.3 Å². The quantitative estimate of drug-likeness (QED) is 0.769. The molecule has 4 unspecified atom stereocenters. The van der Waals surface area contributed by atoms with Crippen molar-refractivity contribution in [1.29, 1.82) is 0 Å². The van der Waals surface area contributed by atoms with Gasteiger partial charge in [-0.1, -0.05) is 12.8 Å². The van der Waals surface area contributed by atoms with Crippen LogP contribution >= 0.6 is 12.4 Å². The largest absolute Gasteiger partial charge is 0.335 e. The molecule has 1 heterocycles. The average molecular weight is 247 g/mol. The highest BCUT2D eigenvalue weighted by Crippen LogP contribution is 2.39.